The van der Waals surface area contributed by atoms with E-state index in [-0.39, 0.29) is 40.1 Å². The number of nitrogens with zero attached hydrogens (tertiary/aromatic N) is 3. The molecule has 0 aromatic carbocycles. The van der Waals surface area contributed by atoms with Crippen LogP contribution in [-0.4, -0.2) is 85.8 Å². The Morgan fingerprint density at radius 1 is 0.758 bits per heavy atom. The van der Waals surface area contributed by atoms with Crippen LogP contribution in [0.4, 0.5) is 0 Å². The van der Waals surface area contributed by atoms with Crippen LogP contribution in [0.5, 0.6) is 0 Å². The second-order valence-corrected chi connectivity index (χ2v) is 12.5. The summed E-state index contributed by atoms with van der Waals surface area (Å²) in [6, 6.07) is 0.324. The lowest BCUT2D eigenvalue weighted by Crippen LogP contribution is -2.67. The zero-order valence-electron chi connectivity index (χ0n) is 24.3. The van der Waals surface area contributed by atoms with Crippen molar-refractivity contribution >= 4 is 5.91 Å². The van der Waals surface area contributed by atoms with Crippen LogP contribution >= 0.6 is 0 Å². The third-order valence-electron chi connectivity index (χ3n) is 7.16. The minimum absolute atomic E-state index is 0.0445. The highest BCUT2D eigenvalue weighted by Gasteiger charge is 2.51. The van der Waals surface area contributed by atoms with Gasteiger partial charge in [0.2, 0.25) is 0 Å². The highest BCUT2D eigenvalue weighted by atomic mass is 16.5. The highest BCUT2D eigenvalue weighted by Crippen LogP contribution is 2.40. The molecule has 33 heavy (non-hydrogen) atoms. The van der Waals surface area contributed by atoms with Gasteiger partial charge in [0.05, 0.1) is 20.1 Å². The molecule has 0 atom stereocenters. The van der Waals surface area contributed by atoms with E-state index >= 15 is 0 Å². The van der Waals surface area contributed by atoms with E-state index in [9.17, 15) is 15.2 Å². The first-order valence-electron chi connectivity index (χ1n) is 12.9. The van der Waals surface area contributed by atoms with E-state index in [1.807, 2.05) is 55.4 Å². The van der Waals surface area contributed by atoms with Crippen LogP contribution in [0.1, 0.15) is 109 Å². The number of likely N-dealkylation sites (N-methyl/N-ethyl adjacent to an activating group) is 1. The van der Waals surface area contributed by atoms with Crippen molar-refractivity contribution in [2.75, 3.05) is 20.6 Å². The highest BCUT2D eigenvalue weighted by molar-refractivity contribution is 5.77. The van der Waals surface area contributed by atoms with Crippen molar-refractivity contribution in [3.8, 4) is 0 Å². The van der Waals surface area contributed by atoms with Crippen molar-refractivity contribution in [3.05, 3.63) is 0 Å². The first-order valence-corrected chi connectivity index (χ1v) is 12.9. The molecule has 1 amide bonds. The van der Waals surface area contributed by atoms with Crippen LogP contribution in [0.3, 0.4) is 0 Å². The second-order valence-electron chi connectivity index (χ2n) is 12.5. The van der Waals surface area contributed by atoms with Crippen LogP contribution < -0.4 is 5.32 Å². The molecule has 2 rings (SSSR count). The van der Waals surface area contributed by atoms with Gasteiger partial charge in [-0.05, 0) is 68.2 Å². The number of nitrogens with one attached hydrogen (secondary N) is 1. The van der Waals surface area contributed by atoms with Gasteiger partial charge in [-0.2, -0.15) is 10.1 Å². The number of carbonyl (C=O) groups excluding carboxylic acids is 1. The number of hydrogen-bond acceptors (Lipinski definition) is 5. The molecule has 3 N–H and O–H groups in total. The zero-order valence-corrected chi connectivity index (χ0v) is 24.3. The molecule has 0 aromatic rings. The predicted octanol–water partition coefficient (Wildman–Crippen LogP) is 5.05. The van der Waals surface area contributed by atoms with Gasteiger partial charge >= 0.3 is 0 Å². The van der Waals surface area contributed by atoms with Crippen molar-refractivity contribution in [3.63, 3.8) is 0 Å². The first kappa shape index (κ1) is 32.3. The van der Waals surface area contributed by atoms with E-state index in [0.29, 0.717) is 11.0 Å². The molecule has 0 saturated carbocycles. The van der Waals surface area contributed by atoms with Gasteiger partial charge in [0.1, 0.15) is 0 Å². The van der Waals surface area contributed by atoms with Gasteiger partial charge < -0.3 is 20.2 Å². The minimum atomic E-state index is -0.383. The van der Waals surface area contributed by atoms with Gasteiger partial charge in [-0.25, -0.2) is 0 Å². The fourth-order valence-electron chi connectivity index (χ4n) is 5.86. The maximum Gasteiger partial charge on any atom is 0.275 e. The molecule has 0 aromatic heterocycles. The van der Waals surface area contributed by atoms with Crippen LogP contribution in [0.25, 0.3) is 0 Å². The van der Waals surface area contributed by atoms with Crippen molar-refractivity contribution < 1.29 is 19.7 Å². The fraction of sp³-hybridized carbons (Fsp3) is 0.962. The fourth-order valence-corrected chi connectivity index (χ4v) is 5.86. The molecule has 2 heterocycles. The summed E-state index contributed by atoms with van der Waals surface area (Å²) in [6.07, 6.45) is 3.09. The maximum absolute atomic E-state index is 13.0. The molecule has 2 fully saturated rings. The molecule has 0 aliphatic carbocycles. The summed E-state index contributed by atoms with van der Waals surface area (Å²) in [4.78, 5) is 13.0. The van der Waals surface area contributed by atoms with Gasteiger partial charge in [-0.3, -0.25) is 4.79 Å². The molecule has 0 spiro atoms. The van der Waals surface area contributed by atoms with Gasteiger partial charge in [0.25, 0.3) is 5.91 Å². The zero-order chi connectivity index (χ0) is 26.6. The molecule has 2 saturated heterocycles. The van der Waals surface area contributed by atoms with E-state index < -0.39 is 0 Å². The Bertz CT molecular complexity index is 593. The largest absolute Gasteiger partial charge is 0.348 e. The summed E-state index contributed by atoms with van der Waals surface area (Å²) in [7, 11) is 4.24. The third-order valence-corrected chi connectivity index (χ3v) is 7.16. The third kappa shape index (κ3) is 7.89. The number of hydrogen-bond donors (Lipinski definition) is 3. The molecule has 198 valence electrons. The molecule has 0 unspecified atom stereocenters. The lowest BCUT2D eigenvalue weighted by Gasteiger charge is -2.54. The molecular formula is C26H57N4O3+. The number of piperidine rings is 2. The average Bonchev–Trinajstić information content (AvgIpc) is 2.66. The minimum Gasteiger partial charge on any atom is -0.348 e. The van der Waals surface area contributed by atoms with Crippen LogP contribution in [0, 0.1) is 0 Å². The van der Waals surface area contributed by atoms with Crippen molar-refractivity contribution in [1.82, 2.24) is 15.4 Å². The van der Waals surface area contributed by atoms with E-state index in [1.54, 1.807) is 0 Å². The number of rotatable bonds is 4. The second kappa shape index (κ2) is 11.3. The normalized spacial score (nSPS) is 25.2. The Morgan fingerprint density at radius 3 is 1.39 bits per heavy atom. The lowest BCUT2D eigenvalue weighted by atomic mass is 9.77. The Kier molecular flexibility index (Phi) is 11.1. The summed E-state index contributed by atoms with van der Waals surface area (Å²) in [5.74, 6) is 0.0556. The van der Waals surface area contributed by atoms with E-state index in [0.717, 1.165) is 25.7 Å². The predicted molar refractivity (Wildman–Crippen MR) is 137 cm³/mol. The summed E-state index contributed by atoms with van der Waals surface area (Å²) >= 11 is 0. The van der Waals surface area contributed by atoms with E-state index in [1.165, 1.54) is 10.1 Å². The molecule has 7 nitrogen and oxygen atoms in total. The van der Waals surface area contributed by atoms with Crippen LogP contribution in [0.15, 0.2) is 0 Å². The van der Waals surface area contributed by atoms with Gasteiger partial charge in [-0.15, -0.1) is 0 Å². The average molecular weight is 474 g/mol. The number of carbonyl (C=O) groups is 1. The SMILES string of the molecule is CC.CC.CC1(C)CC(NC(=O)C[N+](C)(C)C2CC(C)(C)N(O)C(C)(C)C2)CC(C)(C)N1O. The smallest absolute Gasteiger partial charge is 0.275 e. The summed E-state index contributed by atoms with van der Waals surface area (Å²) in [5, 5.41) is 27.2. The Hall–Kier alpha value is -0.730. The molecule has 2 aliphatic rings. The molecule has 7 heteroatoms. The van der Waals surface area contributed by atoms with Gasteiger partial charge in [0.15, 0.2) is 6.54 Å². The quantitative estimate of drug-likeness (QED) is 0.498. The topological polar surface area (TPSA) is 76.0 Å². The van der Waals surface area contributed by atoms with E-state index in [4.69, 9.17) is 0 Å². The Labute approximate surface area is 205 Å². The number of quaternary nitrogens is 1. The monoisotopic (exact) mass is 473 g/mol. The van der Waals surface area contributed by atoms with Crippen molar-refractivity contribution in [2.45, 2.75) is 143 Å². The number of hydroxylamine groups is 4. The molecular weight excluding hydrogens is 416 g/mol. The summed E-state index contributed by atoms with van der Waals surface area (Å²) in [5.41, 5.74) is -1.43. The first-order chi connectivity index (χ1) is 14.8. The van der Waals surface area contributed by atoms with Gasteiger partial charge in [0, 0.05) is 41.0 Å². The Morgan fingerprint density at radius 2 is 1.06 bits per heavy atom. The molecule has 0 bridgehead atoms. The maximum atomic E-state index is 13.0. The van der Waals surface area contributed by atoms with Crippen LogP contribution in [0.2, 0.25) is 0 Å². The number of amides is 1. The summed E-state index contributed by atoms with van der Waals surface area (Å²) < 4.78 is 0.595. The standard InChI is InChI=1S/C22H44N4O3.2C2H6/c1-19(2)11-16(12-20(3,4)24(19)28)23-18(27)15-26(9,10)17-13-21(5,6)25(29)22(7,8)14-17;2*1-2/h16-17,28-29H,11-15H2,1-10H3;2*1-2H3/p+1. The lowest BCUT2D eigenvalue weighted by molar-refractivity contribution is -0.911. The van der Waals surface area contributed by atoms with Gasteiger partial charge in [-0.1, -0.05) is 27.7 Å². The molecule has 0 radical (unpaired) electrons. The molecule has 2 aliphatic heterocycles. The van der Waals surface area contributed by atoms with E-state index in [2.05, 4.69) is 47.1 Å². The van der Waals surface area contributed by atoms with Crippen molar-refractivity contribution in [1.29, 1.82) is 0 Å². The Balaban J connectivity index is 0.00000242. The van der Waals surface area contributed by atoms with Crippen molar-refractivity contribution in [2.24, 2.45) is 0 Å². The summed E-state index contributed by atoms with van der Waals surface area (Å²) in [6.45, 7) is 24.7. The van der Waals surface area contributed by atoms with Crippen LogP contribution in [-0.2, 0) is 4.79 Å².